The molecule has 142 valence electrons. The highest BCUT2D eigenvalue weighted by Crippen LogP contribution is 2.44. The van der Waals surface area contributed by atoms with Gasteiger partial charge in [0.05, 0.1) is 18.2 Å². The molecular weight excluding hydrogens is 348 g/mol. The maximum absolute atomic E-state index is 6.48. The maximum atomic E-state index is 6.48. The van der Waals surface area contributed by atoms with Gasteiger partial charge in [-0.1, -0.05) is 25.4 Å². The van der Waals surface area contributed by atoms with E-state index in [9.17, 15) is 0 Å². The molecule has 1 unspecified atom stereocenters. The van der Waals surface area contributed by atoms with Crippen molar-refractivity contribution in [2.24, 2.45) is 11.1 Å². The van der Waals surface area contributed by atoms with Crippen LogP contribution in [0.1, 0.15) is 52.4 Å². The van der Waals surface area contributed by atoms with Gasteiger partial charge in [-0.05, 0) is 67.5 Å². The molecule has 0 amide bonds. The third-order valence-corrected chi connectivity index (χ3v) is 6.42. The molecule has 2 N–H and O–H groups in total. The minimum atomic E-state index is 0.192. The summed E-state index contributed by atoms with van der Waals surface area (Å²) in [6.45, 7) is 4.45. The fourth-order valence-electron chi connectivity index (χ4n) is 4.28. The normalized spacial score (nSPS) is 24.4. The summed E-state index contributed by atoms with van der Waals surface area (Å²) >= 11 is 6.48. The number of methoxy groups -OCH3 is 1. The summed E-state index contributed by atoms with van der Waals surface area (Å²) in [6, 6.07) is 6.09. The maximum Gasteiger partial charge on any atom is 0.221 e. The second-order valence-corrected chi connectivity index (χ2v) is 7.78. The smallest absolute Gasteiger partial charge is 0.221 e. The van der Waals surface area contributed by atoms with Gasteiger partial charge in [0.2, 0.25) is 5.88 Å². The number of hydrogen-bond donors (Lipinski definition) is 1. The van der Waals surface area contributed by atoms with Gasteiger partial charge in [0, 0.05) is 17.6 Å². The standard InChI is InChI=1S/C21H29ClN2O2/c1-4-19(23)21(5-2)9-6-15(7-10-21)26-18-12-14-8-11-24-20(25-3)16(14)13-17(18)22/h8,11-13,15,19H,4-7,9-10,23H2,1-3H3. The number of rotatable bonds is 6. The highest BCUT2D eigenvalue weighted by Gasteiger charge is 2.38. The van der Waals surface area contributed by atoms with Crippen molar-refractivity contribution in [3.05, 3.63) is 29.4 Å². The van der Waals surface area contributed by atoms with Crippen LogP contribution >= 0.6 is 11.6 Å². The molecular formula is C21H29ClN2O2. The van der Waals surface area contributed by atoms with E-state index in [0.29, 0.717) is 10.9 Å². The van der Waals surface area contributed by atoms with Crippen LogP contribution in [0.5, 0.6) is 11.6 Å². The molecule has 0 saturated heterocycles. The summed E-state index contributed by atoms with van der Waals surface area (Å²) in [6.07, 6.45) is 8.38. The largest absolute Gasteiger partial charge is 0.489 e. The van der Waals surface area contributed by atoms with Crippen molar-refractivity contribution in [1.82, 2.24) is 4.98 Å². The average Bonchev–Trinajstić information content (AvgIpc) is 2.68. The lowest BCUT2D eigenvalue weighted by atomic mass is 9.66. The van der Waals surface area contributed by atoms with Gasteiger partial charge >= 0.3 is 0 Å². The molecule has 1 heterocycles. The Morgan fingerprint density at radius 3 is 2.65 bits per heavy atom. The first-order chi connectivity index (χ1) is 12.5. The first kappa shape index (κ1) is 19.2. The zero-order valence-corrected chi connectivity index (χ0v) is 16.7. The first-order valence-electron chi connectivity index (χ1n) is 9.57. The van der Waals surface area contributed by atoms with Gasteiger partial charge in [0.1, 0.15) is 5.75 Å². The van der Waals surface area contributed by atoms with E-state index in [4.69, 9.17) is 26.8 Å². The quantitative estimate of drug-likeness (QED) is 0.738. The molecule has 5 heteroatoms. The zero-order chi connectivity index (χ0) is 18.7. The molecule has 2 aromatic rings. The van der Waals surface area contributed by atoms with E-state index < -0.39 is 0 Å². The number of aromatic nitrogens is 1. The number of ether oxygens (including phenoxy) is 2. The molecule has 4 nitrogen and oxygen atoms in total. The predicted octanol–water partition coefficient (Wildman–Crippen LogP) is 5.35. The summed E-state index contributed by atoms with van der Waals surface area (Å²) in [4.78, 5) is 4.23. The molecule has 0 bridgehead atoms. The Bertz CT molecular complexity index is 757. The summed E-state index contributed by atoms with van der Waals surface area (Å²) in [7, 11) is 1.61. The molecule has 1 aromatic carbocycles. The van der Waals surface area contributed by atoms with E-state index in [1.54, 1.807) is 13.3 Å². The summed E-state index contributed by atoms with van der Waals surface area (Å²) in [5.41, 5.74) is 6.69. The molecule has 1 aliphatic carbocycles. The lowest BCUT2D eigenvalue weighted by molar-refractivity contribution is 0.0569. The van der Waals surface area contributed by atoms with Crippen LogP contribution in [-0.4, -0.2) is 24.2 Å². The van der Waals surface area contributed by atoms with Crippen LogP contribution in [0, 0.1) is 5.41 Å². The Balaban J connectivity index is 1.75. The zero-order valence-electron chi connectivity index (χ0n) is 15.9. The van der Waals surface area contributed by atoms with Crippen molar-refractivity contribution in [3.8, 4) is 11.6 Å². The van der Waals surface area contributed by atoms with Crippen molar-refractivity contribution in [3.63, 3.8) is 0 Å². The molecule has 0 spiro atoms. The molecule has 26 heavy (non-hydrogen) atoms. The van der Waals surface area contributed by atoms with E-state index in [0.717, 1.165) is 55.0 Å². The summed E-state index contributed by atoms with van der Waals surface area (Å²) < 4.78 is 11.6. The van der Waals surface area contributed by atoms with E-state index >= 15 is 0 Å². The average molecular weight is 377 g/mol. The second kappa shape index (κ2) is 8.01. The number of halogens is 1. The first-order valence-corrected chi connectivity index (χ1v) is 9.95. The molecule has 0 aliphatic heterocycles. The number of pyridine rings is 1. The lowest BCUT2D eigenvalue weighted by Gasteiger charge is -2.43. The second-order valence-electron chi connectivity index (χ2n) is 7.37. The van der Waals surface area contributed by atoms with Crippen LogP contribution in [0.15, 0.2) is 24.4 Å². The van der Waals surface area contributed by atoms with Crippen LogP contribution in [0.4, 0.5) is 0 Å². The van der Waals surface area contributed by atoms with Crippen molar-refractivity contribution < 1.29 is 9.47 Å². The molecule has 1 aromatic heterocycles. The van der Waals surface area contributed by atoms with Gasteiger partial charge in [-0.3, -0.25) is 0 Å². The van der Waals surface area contributed by atoms with Gasteiger partial charge in [0.25, 0.3) is 0 Å². The molecule has 1 saturated carbocycles. The minimum Gasteiger partial charge on any atom is -0.489 e. The number of nitrogens with two attached hydrogens (primary N) is 1. The Morgan fingerprint density at radius 2 is 2.04 bits per heavy atom. The number of hydrogen-bond acceptors (Lipinski definition) is 4. The lowest BCUT2D eigenvalue weighted by Crippen LogP contribution is -2.45. The Morgan fingerprint density at radius 1 is 1.31 bits per heavy atom. The molecule has 0 radical (unpaired) electrons. The third-order valence-electron chi connectivity index (χ3n) is 6.13. The molecule has 3 rings (SSSR count). The van der Waals surface area contributed by atoms with Gasteiger partial charge in [-0.2, -0.15) is 0 Å². The molecule has 1 atom stereocenters. The summed E-state index contributed by atoms with van der Waals surface area (Å²) in [5.74, 6) is 1.32. The molecule has 1 fully saturated rings. The van der Waals surface area contributed by atoms with Crippen molar-refractivity contribution in [1.29, 1.82) is 0 Å². The SMILES string of the molecule is CCC(N)C1(CC)CCC(Oc2cc3ccnc(OC)c3cc2Cl)CC1. The van der Waals surface area contributed by atoms with Crippen LogP contribution in [0.25, 0.3) is 10.8 Å². The van der Waals surface area contributed by atoms with Crippen molar-refractivity contribution >= 4 is 22.4 Å². The van der Waals surface area contributed by atoms with Crippen LogP contribution in [0.3, 0.4) is 0 Å². The number of fused-ring (bicyclic) bond motifs is 1. The highest BCUT2D eigenvalue weighted by molar-refractivity contribution is 6.33. The minimum absolute atomic E-state index is 0.192. The van der Waals surface area contributed by atoms with Crippen LogP contribution in [0.2, 0.25) is 5.02 Å². The highest BCUT2D eigenvalue weighted by atomic mass is 35.5. The predicted molar refractivity (Wildman–Crippen MR) is 107 cm³/mol. The molecule has 1 aliphatic rings. The Labute approximate surface area is 161 Å². The Kier molecular flexibility index (Phi) is 5.93. The van der Waals surface area contributed by atoms with Crippen LogP contribution < -0.4 is 15.2 Å². The van der Waals surface area contributed by atoms with E-state index in [1.807, 2.05) is 18.2 Å². The van der Waals surface area contributed by atoms with Gasteiger partial charge in [-0.25, -0.2) is 4.98 Å². The third kappa shape index (κ3) is 3.63. The number of benzene rings is 1. The monoisotopic (exact) mass is 376 g/mol. The fraction of sp³-hybridized carbons (Fsp3) is 0.571. The van der Waals surface area contributed by atoms with Gasteiger partial charge in [0.15, 0.2) is 0 Å². The van der Waals surface area contributed by atoms with Crippen LogP contribution in [-0.2, 0) is 0 Å². The van der Waals surface area contributed by atoms with Gasteiger partial charge < -0.3 is 15.2 Å². The Hall–Kier alpha value is -1.52. The fourth-order valence-corrected chi connectivity index (χ4v) is 4.49. The van der Waals surface area contributed by atoms with Crippen molar-refractivity contribution in [2.45, 2.75) is 64.5 Å². The topological polar surface area (TPSA) is 57.4 Å². The van der Waals surface area contributed by atoms with E-state index in [-0.39, 0.29) is 17.6 Å². The van der Waals surface area contributed by atoms with E-state index in [1.165, 1.54) is 0 Å². The van der Waals surface area contributed by atoms with Gasteiger partial charge in [-0.15, -0.1) is 0 Å². The van der Waals surface area contributed by atoms with Crippen molar-refractivity contribution in [2.75, 3.05) is 7.11 Å². The number of nitrogens with zero attached hydrogens (tertiary/aromatic N) is 1. The van der Waals surface area contributed by atoms with E-state index in [2.05, 4.69) is 18.8 Å². The summed E-state index contributed by atoms with van der Waals surface area (Å²) in [5, 5.41) is 2.51.